The van der Waals surface area contributed by atoms with E-state index in [9.17, 15) is 14.4 Å². The van der Waals surface area contributed by atoms with Gasteiger partial charge in [0.2, 0.25) is 5.91 Å². The smallest absolute Gasteiger partial charge is 0.290 e. The predicted octanol–water partition coefficient (Wildman–Crippen LogP) is -1.46. The molecule has 2 saturated heterocycles. The standard InChI is InChI=1S/C13H16N4O4.CH2O2/c1-16-9-6-17(7-10(9)21-3-2-12(16)19)13(20)8-4-15-11(18)5-14-8;2-1-3/h4-5,9-10H,2-3,6-7H2,1H3,(H,15,18);1H,(H,2,3)/t9-,10-;/m0./s1. The minimum Gasteiger partial charge on any atom is -0.483 e. The van der Waals surface area contributed by atoms with Gasteiger partial charge in [0.1, 0.15) is 5.69 Å². The van der Waals surface area contributed by atoms with Crippen molar-refractivity contribution >= 4 is 18.3 Å². The maximum absolute atomic E-state index is 12.4. The Bertz CT molecular complexity index is 655. The maximum Gasteiger partial charge on any atom is 0.290 e. The molecule has 0 radical (unpaired) electrons. The number of amides is 2. The fourth-order valence-corrected chi connectivity index (χ4v) is 2.74. The van der Waals surface area contributed by atoms with Gasteiger partial charge in [-0.1, -0.05) is 0 Å². The highest BCUT2D eigenvalue weighted by atomic mass is 16.5. The molecule has 0 saturated carbocycles. The van der Waals surface area contributed by atoms with E-state index < -0.39 is 0 Å². The second kappa shape index (κ2) is 7.68. The Balaban J connectivity index is 0.000000647. The second-order valence-electron chi connectivity index (χ2n) is 5.34. The minimum atomic E-state index is -0.355. The maximum atomic E-state index is 12.4. The Labute approximate surface area is 137 Å². The largest absolute Gasteiger partial charge is 0.483 e. The molecule has 0 spiro atoms. The highest BCUT2D eigenvalue weighted by Crippen LogP contribution is 2.22. The lowest BCUT2D eigenvalue weighted by atomic mass is 10.2. The van der Waals surface area contributed by atoms with Crippen LogP contribution in [0.3, 0.4) is 0 Å². The van der Waals surface area contributed by atoms with Gasteiger partial charge in [-0.25, -0.2) is 4.98 Å². The number of carbonyl (C=O) groups excluding carboxylic acids is 2. The Morgan fingerprint density at radius 1 is 1.46 bits per heavy atom. The Hall–Kier alpha value is -2.75. The fourth-order valence-electron chi connectivity index (χ4n) is 2.74. The molecule has 0 aromatic carbocycles. The molecule has 2 amide bonds. The molecule has 0 unspecified atom stereocenters. The summed E-state index contributed by atoms with van der Waals surface area (Å²) < 4.78 is 5.67. The summed E-state index contributed by atoms with van der Waals surface area (Å²) in [6.07, 6.45) is 2.58. The zero-order chi connectivity index (χ0) is 17.7. The van der Waals surface area contributed by atoms with Crippen molar-refractivity contribution in [2.45, 2.75) is 18.6 Å². The van der Waals surface area contributed by atoms with Crippen molar-refractivity contribution in [3.05, 3.63) is 28.4 Å². The number of aromatic amines is 1. The summed E-state index contributed by atoms with van der Waals surface area (Å²) in [5.74, 6) is -0.247. The normalized spacial score (nSPS) is 23.0. The van der Waals surface area contributed by atoms with Crippen LogP contribution in [0.5, 0.6) is 0 Å². The molecule has 130 valence electrons. The molecule has 1 aromatic rings. The van der Waals surface area contributed by atoms with Gasteiger partial charge in [0.25, 0.3) is 17.9 Å². The van der Waals surface area contributed by atoms with Crippen LogP contribution in [-0.4, -0.2) is 82.1 Å². The van der Waals surface area contributed by atoms with E-state index >= 15 is 0 Å². The van der Waals surface area contributed by atoms with E-state index in [1.54, 1.807) is 16.8 Å². The molecule has 3 heterocycles. The van der Waals surface area contributed by atoms with Crippen LogP contribution in [0.2, 0.25) is 0 Å². The highest BCUT2D eigenvalue weighted by Gasteiger charge is 2.41. The Morgan fingerprint density at radius 2 is 2.17 bits per heavy atom. The van der Waals surface area contributed by atoms with Crippen LogP contribution in [0.15, 0.2) is 17.2 Å². The van der Waals surface area contributed by atoms with Crippen molar-refractivity contribution in [3.63, 3.8) is 0 Å². The van der Waals surface area contributed by atoms with Crippen molar-refractivity contribution in [2.24, 2.45) is 0 Å². The lowest BCUT2D eigenvalue weighted by Crippen LogP contribution is -2.43. The number of likely N-dealkylation sites (tertiary alicyclic amines) is 1. The number of carbonyl (C=O) groups is 3. The second-order valence-corrected chi connectivity index (χ2v) is 5.34. The molecular formula is C14H18N4O6. The molecule has 10 heteroatoms. The van der Waals surface area contributed by atoms with Crippen LogP contribution in [-0.2, 0) is 14.3 Å². The van der Waals surface area contributed by atoms with E-state index in [1.807, 2.05) is 0 Å². The van der Waals surface area contributed by atoms with E-state index in [0.29, 0.717) is 26.1 Å². The first-order valence-corrected chi connectivity index (χ1v) is 7.27. The number of likely N-dealkylation sites (N-methyl/N-ethyl adjacent to an activating group) is 1. The number of hydrogen-bond acceptors (Lipinski definition) is 6. The molecule has 24 heavy (non-hydrogen) atoms. The van der Waals surface area contributed by atoms with Crippen molar-refractivity contribution in [1.82, 2.24) is 19.8 Å². The van der Waals surface area contributed by atoms with Crippen LogP contribution < -0.4 is 5.56 Å². The highest BCUT2D eigenvalue weighted by molar-refractivity contribution is 5.92. The molecule has 1 aromatic heterocycles. The van der Waals surface area contributed by atoms with E-state index in [2.05, 4.69) is 9.97 Å². The summed E-state index contributed by atoms with van der Waals surface area (Å²) >= 11 is 0. The summed E-state index contributed by atoms with van der Waals surface area (Å²) in [6.45, 7) is 0.956. The van der Waals surface area contributed by atoms with E-state index in [4.69, 9.17) is 14.6 Å². The van der Waals surface area contributed by atoms with Crippen LogP contribution in [0.25, 0.3) is 0 Å². The molecule has 2 N–H and O–H groups in total. The molecule has 0 bridgehead atoms. The summed E-state index contributed by atoms with van der Waals surface area (Å²) in [6, 6.07) is -0.133. The summed E-state index contributed by atoms with van der Waals surface area (Å²) in [7, 11) is 1.74. The van der Waals surface area contributed by atoms with Crippen LogP contribution >= 0.6 is 0 Å². The Morgan fingerprint density at radius 3 is 2.79 bits per heavy atom. The predicted molar refractivity (Wildman–Crippen MR) is 80.4 cm³/mol. The van der Waals surface area contributed by atoms with Gasteiger partial charge in [-0.15, -0.1) is 0 Å². The average molecular weight is 338 g/mol. The van der Waals surface area contributed by atoms with Crippen molar-refractivity contribution in [3.8, 4) is 0 Å². The van der Waals surface area contributed by atoms with Gasteiger partial charge in [-0.05, 0) is 0 Å². The molecule has 3 rings (SSSR count). The van der Waals surface area contributed by atoms with Crippen molar-refractivity contribution < 1.29 is 24.2 Å². The van der Waals surface area contributed by atoms with Gasteiger partial charge in [0.15, 0.2) is 0 Å². The number of H-pyrrole nitrogens is 1. The number of ether oxygens (including phenoxy) is 1. The lowest BCUT2D eigenvalue weighted by Gasteiger charge is -2.24. The molecule has 2 atom stereocenters. The zero-order valence-electron chi connectivity index (χ0n) is 13.0. The van der Waals surface area contributed by atoms with Crippen LogP contribution in [0, 0.1) is 0 Å². The summed E-state index contributed by atoms with van der Waals surface area (Å²) in [5.41, 5.74) is -0.174. The summed E-state index contributed by atoms with van der Waals surface area (Å²) in [4.78, 5) is 53.1. The van der Waals surface area contributed by atoms with Gasteiger partial charge < -0.3 is 24.6 Å². The van der Waals surface area contributed by atoms with Gasteiger partial charge in [-0.3, -0.25) is 19.2 Å². The SMILES string of the molecule is CN1C(=O)CCO[C@H]2CN(C(=O)c3c[nH]c(=O)cn3)C[C@@H]21.O=CO. The van der Waals surface area contributed by atoms with Crippen molar-refractivity contribution in [2.75, 3.05) is 26.7 Å². The lowest BCUT2D eigenvalue weighted by molar-refractivity contribution is -0.131. The van der Waals surface area contributed by atoms with Crippen LogP contribution in [0.4, 0.5) is 0 Å². The number of rotatable bonds is 1. The fraction of sp³-hybridized carbons (Fsp3) is 0.500. The average Bonchev–Trinajstić information content (AvgIpc) is 2.93. The van der Waals surface area contributed by atoms with Crippen LogP contribution in [0.1, 0.15) is 16.9 Å². The minimum absolute atomic E-state index is 0.0268. The zero-order valence-corrected chi connectivity index (χ0v) is 13.0. The van der Waals surface area contributed by atoms with Gasteiger partial charge >= 0.3 is 0 Å². The number of aromatic nitrogens is 2. The number of fused-ring (bicyclic) bond motifs is 1. The molecule has 2 aliphatic heterocycles. The first kappa shape index (κ1) is 17.6. The third kappa shape index (κ3) is 3.77. The molecule has 10 nitrogen and oxygen atoms in total. The molecule has 2 aliphatic rings. The van der Waals surface area contributed by atoms with E-state index in [0.717, 1.165) is 6.20 Å². The quantitative estimate of drug-likeness (QED) is 0.598. The van der Waals surface area contributed by atoms with Crippen molar-refractivity contribution in [1.29, 1.82) is 0 Å². The van der Waals surface area contributed by atoms with Gasteiger partial charge in [-0.2, -0.15) is 0 Å². The molecule has 2 fully saturated rings. The Kier molecular flexibility index (Phi) is 5.64. The number of nitrogens with zero attached hydrogens (tertiary/aromatic N) is 3. The summed E-state index contributed by atoms with van der Waals surface area (Å²) in [5, 5.41) is 6.89. The monoisotopic (exact) mass is 338 g/mol. The van der Waals surface area contributed by atoms with Gasteiger partial charge in [0, 0.05) is 26.3 Å². The third-order valence-electron chi connectivity index (χ3n) is 3.95. The van der Waals surface area contributed by atoms with E-state index in [1.165, 1.54) is 6.20 Å². The number of carboxylic acid groups (broad SMARTS) is 1. The van der Waals surface area contributed by atoms with E-state index in [-0.39, 0.29) is 41.7 Å². The molecule has 0 aliphatic carbocycles. The molecular weight excluding hydrogens is 320 g/mol. The first-order chi connectivity index (χ1) is 11.5. The van der Waals surface area contributed by atoms with Gasteiger partial charge in [0.05, 0.1) is 31.4 Å². The number of nitrogens with one attached hydrogen (secondary N) is 1. The number of hydrogen-bond donors (Lipinski definition) is 2. The first-order valence-electron chi connectivity index (χ1n) is 7.27. The third-order valence-corrected chi connectivity index (χ3v) is 3.95. The topological polar surface area (TPSA) is 133 Å².